The fraction of sp³-hybridized carbons (Fsp3) is 0.167. The number of halogens is 1. The minimum Gasteiger partial charge on any atom is -1.00 e. The molecule has 0 fully saturated rings. The van der Waals surface area contributed by atoms with E-state index in [1.165, 1.54) is 0 Å². The number of hydrogen-bond donors (Lipinski definition) is 0. The van der Waals surface area contributed by atoms with Crippen LogP contribution in [0.2, 0.25) is 0 Å². The van der Waals surface area contributed by atoms with Gasteiger partial charge < -0.3 is 22.3 Å². The zero-order valence-electron chi connectivity index (χ0n) is 5.26. The third-order valence-electron chi connectivity index (χ3n) is 0.743. The van der Waals surface area contributed by atoms with E-state index in [4.69, 9.17) is 0 Å². The third-order valence-corrected chi connectivity index (χ3v) is 0.743. The fourth-order valence-electron chi connectivity index (χ4n) is 0.404. The average molecular weight is 196 g/mol. The molecule has 0 unspecified atom stereocenters. The topological polar surface area (TPSA) is 14.1 Å². The Morgan fingerprint density at radius 1 is 1.56 bits per heavy atom. The van der Waals surface area contributed by atoms with Crippen LogP contribution >= 0.6 is 0 Å². The fourth-order valence-corrected chi connectivity index (χ4v) is 0.404. The number of nitrogens with zero attached hydrogens (tertiary/aromatic N) is 1. The summed E-state index contributed by atoms with van der Waals surface area (Å²) in [5, 5.41) is 3.92. The molecule has 0 saturated heterocycles. The molecular formula is C6H6BrMgN. The average Bonchev–Trinajstić information content (AvgIpc) is 1.69. The van der Waals surface area contributed by atoms with Gasteiger partial charge in [-0.1, -0.05) is 13.0 Å². The Labute approximate surface area is 81.8 Å². The van der Waals surface area contributed by atoms with Crippen LogP contribution in [0.1, 0.15) is 6.92 Å². The minimum atomic E-state index is 0. The molecule has 0 aromatic rings. The van der Waals surface area contributed by atoms with Gasteiger partial charge in [0.25, 0.3) is 0 Å². The summed E-state index contributed by atoms with van der Waals surface area (Å²) in [7, 11) is 0. The summed E-state index contributed by atoms with van der Waals surface area (Å²) in [6.07, 6.45) is 5.46. The van der Waals surface area contributed by atoms with Crippen LogP contribution in [-0.2, 0) is 0 Å². The van der Waals surface area contributed by atoms with Gasteiger partial charge in [-0.2, -0.15) is 6.20 Å². The molecule has 0 aromatic heterocycles. The predicted molar refractivity (Wildman–Crippen MR) is 35.5 cm³/mol. The predicted octanol–water partition coefficient (Wildman–Crippen LogP) is -1.43. The normalized spacial score (nSPS) is 12.3. The van der Waals surface area contributed by atoms with E-state index >= 15 is 0 Å². The van der Waals surface area contributed by atoms with Gasteiger partial charge in [0.1, 0.15) is 0 Å². The monoisotopic (exact) mass is 195 g/mol. The van der Waals surface area contributed by atoms with Crippen molar-refractivity contribution in [2.24, 2.45) is 0 Å². The summed E-state index contributed by atoms with van der Waals surface area (Å²) in [4.78, 5) is 0. The van der Waals surface area contributed by atoms with Gasteiger partial charge in [0.2, 0.25) is 0 Å². The molecule has 1 aliphatic rings. The molecule has 9 heavy (non-hydrogen) atoms. The Kier molecular flexibility index (Phi) is 8.59. The first kappa shape index (κ1) is 12.0. The maximum atomic E-state index is 3.92. The number of allylic oxidation sites excluding steroid dienone is 2. The number of rotatable bonds is 0. The van der Waals surface area contributed by atoms with Crippen LogP contribution in [0, 0.1) is 0 Å². The van der Waals surface area contributed by atoms with Gasteiger partial charge in [-0.25, -0.2) is 0 Å². The number of hydrogen-bond acceptors (Lipinski definition) is 0. The van der Waals surface area contributed by atoms with Crippen molar-refractivity contribution < 1.29 is 17.0 Å². The van der Waals surface area contributed by atoms with Crippen molar-refractivity contribution >= 4 is 23.1 Å². The molecule has 0 amide bonds. The van der Waals surface area contributed by atoms with Gasteiger partial charge in [0.15, 0.2) is 0 Å². The van der Waals surface area contributed by atoms with E-state index in [-0.39, 0.29) is 40.0 Å². The second-order valence-corrected chi connectivity index (χ2v) is 1.37. The SMILES string of the molecule is CC1=C=CC=C[N-]1.[Br-].[Mg+2]. The molecule has 0 atom stereocenters. The van der Waals surface area contributed by atoms with Crippen LogP contribution in [0.5, 0.6) is 0 Å². The zero-order chi connectivity index (χ0) is 5.11. The Morgan fingerprint density at radius 3 is 2.44 bits per heavy atom. The van der Waals surface area contributed by atoms with Gasteiger partial charge >= 0.3 is 23.1 Å². The van der Waals surface area contributed by atoms with Gasteiger partial charge in [-0.15, -0.1) is 11.4 Å². The van der Waals surface area contributed by atoms with Crippen molar-refractivity contribution in [3.63, 3.8) is 0 Å². The minimum absolute atomic E-state index is 0. The first-order valence-corrected chi connectivity index (χ1v) is 2.19. The quantitative estimate of drug-likeness (QED) is 0.333. The van der Waals surface area contributed by atoms with Crippen LogP contribution in [0.3, 0.4) is 0 Å². The summed E-state index contributed by atoms with van der Waals surface area (Å²) in [6.45, 7) is 1.92. The maximum absolute atomic E-state index is 3.92. The molecule has 3 heteroatoms. The summed E-state index contributed by atoms with van der Waals surface area (Å²) in [5.74, 6) is 0. The van der Waals surface area contributed by atoms with Crippen LogP contribution in [-0.4, -0.2) is 23.1 Å². The Balaban J connectivity index is 0. The van der Waals surface area contributed by atoms with Gasteiger partial charge in [0.05, 0.1) is 0 Å². The second-order valence-electron chi connectivity index (χ2n) is 1.37. The first-order valence-electron chi connectivity index (χ1n) is 2.19. The summed E-state index contributed by atoms with van der Waals surface area (Å²) >= 11 is 0. The molecular weight excluding hydrogens is 190 g/mol. The summed E-state index contributed by atoms with van der Waals surface area (Å²) in [6, 6.07) is 0. The Bertz CT molecular complexity index is 156. The molecule has 44 valence electrons. The molecule has 0 bridgehead atoms. The van der Waals surface area contributed by atoms with E-state index in [2.05, 4.69) is 11.0 Å². The largest absolute Gasteiger partial charge is 2.00 e. The molecule has 0 aliphatic carbocycles. The molecule has 1 heterocycles. The molecule has 0 aromatic carbocycles. The smallest absolute Gasteiger partial charge is 1.00 e. The van der Waals surface area contributed by atoms with Gasteiger partial charge in [-0.3, -0.25) is 0 Å². The van der Waals surface area contributed by atoms with Gasteiger partial charge in [0, 0.05) is 0 Å². The molecule has 1 aliphatic heterocycles. The molecule has 0 N–H and O–H groups in total. The molecule has 1 nitrogen and oxygen atoms in total. The van der Waals surface area contributed by atoms with Crippen LogP contribution in [0.25, 0.3) is 5.32 Å². The van der Waals surface area contributed by atoms with Crippen LogP contribution in [0.4, 0.5) is 0 Å². The molecule has 1 rings (SSSR count). The van der Waals surface area contributed by atoms with Crippen LogP contribution in [0.15, 0.2) is 29.8 Å². The van der Waals surface area contributed by atoms with E-state index in [1.54, 1.807) is 6.20 Å². The second kappa shape index (κ2) is 6.43. The van der Waals surface area contributed by atoms with Crippen molar-refractivity contribution in [3.8, 4) is 0 Å². The Hall–Kier alpha value is 0.306. The van der Waals surface area contributed by atoms with E-state index in [9.17, 15) is 0 Å². The van der Waals surface area contributed by atoms with Crippen LogP contribution < -0.4 is 17.0 Å². The summed E-state index contributed by atoms with van der Waals surface area (Å²) < 4.78 is 0. The van der Waals surface area contributed by atoms with Gasteiger partial charge in [-0.05, 0) is 6.08 Å². The molecule has 0 saturated carbocycles. The summed E-state index contributed by atoms with van der Waals surface area (Å²) in [5.41, 5.74) is 3.87. The molecule has 0 spiro atoms. The van der Waals surface area contributed by atoms with Crippen molar-refractivity contribution in [1.29, 1.82) is 0 Å². The maximum Gasteiger partial charge on any atom is 2.00 e. The van der Waals surface area contributed by atoms with Crippen molar-refractivity contribution in [3.05, 3.63) is 35.1 Å². The zero-order valence-corrected chi connectivity index (χ0v) is 8.26. The van der Waals surface area contributed by atoms with Crippen molar-refractivity contribution in [2.45, 2.75) is 6.92 Å². The third kappa shape index (κ3) is 4.79. The first-order chi connectivity index (χ1) is 3.39. The van der Waals surface area contributed by atoms with E-state index in [1.807, 2.05) is 19.1 Å². The van der Waals surface area contributed by atoms with E-state index in [0.717, 1.165) is 5.70 Å². The standard InChI is InChI=1S/C6H6N.BrH.Mg/c1-6-4-2-3-5-7-6;;/h2-3,5H,1H3;1H;/q-1;;+2/p-1. The van der Waals surface area contributed by atoms with E-state index < -0.39 is 0 Å². The molecule has 0 radical (unpaired) electrons. The van der Waals surface area contributed by atoms with Crippen molar-refractivity contribution in [2.75, 3.05) is 0 Å². The van der Waals surface area contributed by atoms with Crippen molar-refractivity contribution in [1.82, 2.24) is 0 Å². The Morgan fingerprint density at radius 2 is 2.22 bits per heavy atom. The van der Waals surface area contributed by atoms with E-state index in [0.29, 0.717) is 0 Å².